The van der Waals surface area contributed by atoms with Crippen molar-refractivity contribution in [3.63, 3.8) is 0 Å². The number of nitrogen functional groups attached to an aromatic ring is 1. The number of aliphatic hydroxyl groups excluding tert-OH is 5. The number of hydrogen-bond acceptors (Lipinski definition) is 19. The molecule has 0 saturated carbocycles. The number of carbonyl (C=O) groups excluding carboxylic acids is 3. The molecule has 1 amide bonds. The largest absolute Gasteiger partial charge is 0.506 e. The SMILES string of the molecule is COc1cc2c(c(O)c1C[N+](C)(C)C)C(=O)c1cc3c(c(O)c1C2=O)-c1c(O)c(C(=O)N[C@H](C)C(=O)O)c(C)c(N)c1[C@H](O[C@@H]1O[C@H](C)[C@H](N(C)C)[C@H](O[C@@H]2OC[C@@H](O)[C@H](O)[C@H]2O)[C@H]1O)[C@H]3O. The van der Waals surface area contributed by atoms with Crippen molar-refractivity contribution in [3.05, 3.63) is 62.2 Å². The zero-order chi connectivity index (χ0) is 49.6. The van der Waals surface area contributed by atoms with Gasteiger partial charge in [-0.1, -0.05) is 0 Å². The van der Waals surface area contributed by atoms with Gasteiger partial charge in [0.05, 0.1) is 69.3 Å². The number of phenolic OH excluding ortho intramolecular Hbond substituents is 3. The highest BCUT2D eigenvalue weighted by molar-refractivity contribution is 6.31. The molecule has 2 aliphatic heterocycles. The molecular formula is C45H57N4O18+. The number of carboxylic acids is 1. The summed E-state index contributed by atoms with van der Waals surface area (Å²) in [4.78, 5) is 56.4. The smallest absolute Gasteiger partial charge is 0.325 e. The molecule has 0 spiro atoms. The minimum absolute atomic E-state index is 0.0732. The van der Waals surface area contributed by atoms with Crippen LogP contribution < -0.4 is 15.8 Å². The fourth-order valence-corrected chi connectivity index (χ4v) is 9.47. The minimum Gasteiger partial charge on any atom is -0.506 e. The van der Waals surface area contributed by atoms with Gasteiger partial charge in [0.1, 0.15) is 78.3 Å². The van der Waals surface area contributed by atoms with E-state index in [4.69, 9.17) is 29.4 Å². The van der Waals surface area contributed by atoms with Crippen molar-refractivity contribution in [1.82, 2.24) is 10.2 Å². The number of ketones is 2. The van der Waals surface area contributed by atoms with Crippen LogP contribution in [0.1, 0.15) is 90.5 Å². The molecule has 12 atom stereocenters. The molecule has 364 valence electrons. The first-order chi connectivity index (χ1) is 31.2. The van der Waals surface area contributed by atoms with E-state index in [-0.39, 0.29) is 50.3 Å². The summed E-state index contributed by atoms with van der Waals surface area (Å²) in [7, 11) is 10.1. The van der Waals surface area contributed by atoms with Gasteiger partial charge in [0.2, 0.25) is 0 Å². The van der Waals surface area contributed by atoms with E-state index >= 15 is 0 Å². The van der Waals surface area contributed by atoms with Crippen molar-refractivity contribution in [2.75, 3.05) is 54.7 Å². The molecule has 2 heterocycles. The Morgan fingerprint density at radius 1 is 0.896 bits per heavy atom. The second-order valence-electron chi connectivity index (χ2n) is 18.6. The summed E-state index contributed by atoms with van der Waals surface area (Å²) < 4.78 is 30.0. The summed E-state index contributed by atoms with van der Waals surface area (Å²) in [5.74, 6) is -6.77. The highest BCUT2D eigenvalue weighted by atomic mass is 16.7. The first kappa shape index (κ1) is 49.4. The Hall–Kier alpha value is -5.50. The summed E-state index contributed by atoms with van der Waals surface area (Å²) in [6, 6.07) is 0.0635. The first-order valence-electron chi connectivity index (χ1n) is 21.3. The Labute approximate surface area is 383 Å². The highest BCUT2D eigenvalue weighted by Gasteiger charge is 2.52. The van der Waals surface area contributed by atoms with Gasteiger partial charge in [-0.05, 0) is 58.1 Å². The number of nitrogens with one attached hydrogen (secondary N) is 1. The normalized spacial score (nSPS) is 28.6. The zero-order valence-corrected chi connectivity index (χ0v) is 38.2. The van der Waals surface area contributed by atoms with Crippen molar-refractivity contribution in [2.24, 2.45) is 0 Å². The molecule has 2 fully saturated rings. The number of anilines is 1. The van der Waals surface area contributed by atoms with Crippen molar-refractivity contribution < 1.29 is 93.3 Å². The topological polar surface area (TPSA) is 338 Å². The molecular weight excluding hydrogens is 885 g/mol. The van der Waals surface area contributed by atoms with Crippen LogP contribution in [0.5, 0.6) is 23.0 Å². The van der Waals surface area contributed by atoms with Crippen LogP contribution in [0.15, 0.2) is 12.1 Å². The number of amides is 1. The van der Waals surface area contributed by atoms with Crippen molar-refractivity contribution >= 4 is 29.1 Å². The second-order valence-corrected chi connectivity index (χ2v) is 18.6. The molecule has 2 aliphatic carbocycles. The van der Waals surface area contributed by atoms with Crippen LogP contribution in [0.3, 0.4) is 0 Å². The average Bonchev–Trinajstić information content (AvgIpc) is 3.24. The molecule has 0 bridgehead atoms. The summed E-state index contributed by atoms with van der Waals surface area (Å²) in [6.45, 7) is 3.81. The van der Waals surface area contributed by atoms with Crippen LogP contribution in [0.25, 0.3) is 11.1 Å². The van der Waals surface area contributed by atoms with Crippen molar-refractivity contribution in [2.45, 2.75) is 101 Å². The second kappa shape index (κ2) is 17.9. The Morgan fingerprint density at radius 2 is 1.51 bits per heavy atom. The van der Waals surface area contributed by atoms with Gasteiger partial charge in [0.25, 0.3) is 5.91 Å². The monoisotopic (exact) mass is 941 g/mol. The number of hydrogen-bond donors (Lipinski definition) is 11. The van der Waals surface area contributed by atoms with Gasteiger partial charge >= 0.3 is 5.97 Å². The number of likely N-dealkylation sites (N-methyl/N-ethyl adjacent to an activating group) is 1. The average molecular weight is 942 g/mol. The third-order valence-electron chi connectivity index (χ3n) is 12.8. The lowest BCUT2D eigenvalue weighted by atomic mass is 9.73. The number of carboxylic acid groups (broad SMARTS) is 1. The van der Waals surface area contributed by atoms with Crippen molar-refractivity contribution in [3.8, 4) is 34.1 Å². The van der Waals surface area contributed by atoms with E-state index in [2.05, 4.69) is 5.32 Å². The number of benzene rings is 3. The number of phenols is 3. The maximum absolute atomic E-state index is 14.6. The van der Waals surface area contributed by atoms with Crippen LogP contribution in [-0.4, -0.2) is 189 Å². The standard InChI is InChI=1S/C45H56N4O18/c1-14-23(42(60)47-15(2)43(61)62)36(56)27-24-17(10-18-26(37(24)57)32(52)19-11-22(63-9)20(12-49(6,7)8)33(53)25(19)31(18)51)34(54)40(28(27)29(14)46)66-45-39(59)41(30(48(4)5)16(3)65-45)67-44-38(58)35(55)21(50)13-64-44/h10-11,15-16,21,30,34-35,38-41,44-45,50,54-55,58-59H,12-13H2,1-9H3,(H6-,46,47,51,52,53,56,57,60,61,62)/p+1/t15-,16-,21-,30+,34+,35+,38-,39-,40+,41+,44+,45+/m1/s1. The molecule has 3 aromatic carbocycles. The van der Waals surface area contributed by atoms with Crippen LogP contribution in [0, 0.1) is 6.92 Å². The molecule has 22 nitrogen and oxygen atoms in total. The number of nitrogens with zero attached hydrogens (tertiary/aromatic N) is 2. The maximum atomic E-state index is 14.6. The first-order valence-corrected chi connectivity index (χ1v) is 21.3. The summed E-state index contributed by atoms with van der Waals surface area (Å²) in [6.07, 6.45) is -16.0. The van der Waals surface area contributed by atoms with Crippen molar-refractivity contribution in [1.29, 1.82) is 0 Å². The lowest BCUT2D eigenvalue weighted by Gasteiger charge is -2.49. The predicted octanol–water partition coefficient (Wildman–Crippen LogP) is -0.481. The molecule has 2 saturated heterocycles. The van der Waals surface area contributed by atoms with E-state index in [1.807, 2.05) is 21.1 Å². The number of aliphatic hydroxyl groups is 5. The lowest BCUT2D eigenvalue weighted by Crippen LogP contribution is -2.65. The number of aromatic hydroxyl groups is 3. The van der Waals surface area contributed by atoms with E-state index in [9.17, 15) is 65.1 Å². The molecule has 0 unspecified atom stereocenters. The lowest BCUT2D eigenvalue weighted by molar-refractivity contribution is -0.884. The Balaban J connectivity index is 1.41. The van der Waals surface area contributed by atoms with Gasteiger partial charge in [0, 0.05) is 33.5 Å². The van der Waals surface area contributed by atoms with E-state index in [0.29, 0.717) is 0 Å². The van der Waals surface area contributed by atoms with Crippen LogP contribution in [0.2, 0.25) is 0 Å². The fourth-order valence-electron chi connectivity index (χ4n) is 9.47. The maximum Gasteiger partial charge on any atom is 0.325 e. The molecule has 3 aromatic rings. The molecule has 67 heavy (non-hydrogen) atoms. The number of methoxy groups -OCH3 is 1. The highest BCUT2D eigenvalue weighted by Crippen LogP contribution is 2.59. The molecule has 0 radical (unpaired) electrons. The predicted molar refractivity (Wildman–Crippen MR) is 231 cm³/mol. The van der Waals surface area contributed by atoms with Gasteiger partial charge in [-0.25, -0.2) is 0 Å². The fraction of sp³-hybridized carbons (Fsp3) is 0.511. The number of aliphatic carboxylic acids is 1. The quantitative estimate of drug-likeness (QED) is 0.0514. The van der Waals surface area contributed by atoms with Gasteiger partial charge in [-0.2, -0.15) is 0 Å². The summed E-state index contributed by atoms with van der Waals surface area (Å²) >= 11 is 0. The zero-order valence-electron chi connectivity index (χ0n) is 38.2. The Kier molecular flexibility index (Phi) is 13.2. The van der Waals surface area contributed by atoms with E-state index in [1.165, 1.54) is 27.0 Å². The number of rotatable bonds is 11. The third-order valence-corrected chi connectivity index (χ3v) is 12.8. The number of carbonyl (C=O) groups is 4. The van der Waals surface area contributed by atoms with Gasteiger partial charge in [0.15, 0.2) is 24.1 Å². The van der Waals surface area contributed by atoms with E-state index in [0.717, 1.165) is 6.07 Å². The molecule has 0 aromatic heterocycles. The molecule has 7 rings (SSSR count). The number of fused-ring (bicyclic) bond motifs is 5. The number of nitrogens with two attached hydrogens (primary N) is 1. The van der Waals surface area contributed by atoms with Gasteiger partial charge in [-0.3, -0.25) is 19.2 Å². The Morgan fingerprint density at radius 3 is 2.09 bits per heavy atom. The molecule has 12 N–H and O–H groups in total. The van der Waals surface area contributed by atoms with Crippen LogP contribution in [0.4, 0.5) is 5.69 Å². The molecule has 4 aliphatic rings. The summed E-state index contributed by atoms with van der Waals surface area (Å²) in [5.41, 5.74) is 2.56. The number of quaternary nitrogens is 1. The van der Waals surface area contributed by atoms with E-state index in [1.54, 1.807) is 25.9 Å². The minimum atomic E-state index is -1.99. The van der Waals surface area contributed by atoms with Crippen LogP contribution in [-0.2, 0) is 30.3 Å². The van der Waals surface area contributed by atoms with Crippen LogP contribution >= 0.6 is 0 Å². The van der Waals surface area contributed by atoms with Gasteiger partial charge < -0.3 is 90.1 Å². The number of ether oxygens (including phenoxy) is 5. The molecule has 22 heteroatoms. The Bertz CT molecular complexity index is 2540. The summed E-state index contributed by atoms with van der Waals surface area (Å²) in [5, 5.41) is 104. The third kappa shape index (κ3) is 8.24. The van der Waals surface area contributed by atoms with Gasteiger partial charge in [-0.15, -0.1) is 0 Å². The van der Waals surface area contributed by atoms with E-state index < -0.39 is 154 Å².